The molecule has 0 bridgehead atoms. The van der Waals surface area contributed by atoms with Crippen molar-refractivity contribution in [1.82, 2.24) is 0 Å². The van der Waals surface area contributed by atoms with Gasteiger partial charge in [-0.3, -0.25) is 4.55 Å². The van der Waals surface area contributed by atoms with Crippen LogP contribution in [0.15, 0.2) is 23.8 Å². The lowest BCUT2D eigenvalue weighted by atomic mass is 10.0. The predicted molar refractivity (Wildman–Crippen MR) is 46.9 cm³/mol. The molecule has 1 atom stereocenters. The van der Waals surface area contributed by atoms with Crippen molar-refractivity contribution in [3.63, 3.8) is 0 Å². The van der Waals surface area contributed by atoms with Crippen molar-refractivity contribution < 1.29 is 17.8 Å². The Kier molecular flexibility index (Phi) is 2.47. The zero-order chi connectivity index (χ0) is 10.1. The van der Waals surface area contributed by atoms with Gasteiger partial charge < -0.3 is 5.53 Å². The van der Waals surface area contributed by atoms with Crippen molar-refractivity contribution in [2.24, 2.45) is 0 Å². The Morgan fingerprint density at radius 2 is 2.23 bits per heavy atom. The highest BCUT2D eigenvalue weighted by atomic mass is 32.2. The summed E-state index contributed by atoms with van der Waals surface area (Å²) < 4.78 is 30.5. The minimum atomic E-state index is -4.25. The maximum atomic E-state index is 10.9. The Bertz CT molecular complexity index is 427. The summed E-state index contributed by atoms with van der Waals surface area (Å²) in [6.07, 6.45) is 4.41. The summed E-state index contributed by atoms with van der Waals surface area (Å²) in [7, 11) is -4.25. The van der Waals surface area contributed by atoms with Crippen LogP contribution in [0.5, 0.6) is 0 Å². The maximum absolute atomic E-state index is 10.9. The number of rotatable bonds is 1. The van der Waals surface area contributed by atoms with Crippen LogP contribution in [0, 0.1) is 0 Å². The highest BCUT2D eigenvalue weighted by Crippen LogP contribution is 2.16. The molecule has 0 saturated carbocycles. The molecule has 13 heavy (non-hydrogen) atoms. The molecule has 0 aromatic carbocycles. The van der Waals surface area contributed by atoms with E-state index in [1.807, 2.05) is 0 Å². The van der Waals surface area contributed by atoms with Crippen LogP contribution in [0.4, 0.5) is 0 Å². The summed E-state index contributed by atoms with van der Waals surface area (Å²) in [6.45, 7) is 1.53. The van der Waals surface area contributed by atoms with Crippen LogP contribution in [0.3, 0.4) is 0 Å². The molecule has 0 spiro atoms. The van der Waals surface area contributed by atoms with Crippen LogP contribution in [0.1, 0.15) is 6.92 Å². The van der Waals surface area contributed by atoms with Gasteiger partial charge in [0, 0.05) is 6.08 Å². The van der Waals surface area contributed by atoms with Gasteiger partial charge in [0.05, 0.1) is 0 Å². The van der Waals surface area contributed by atoms with Gasteiger partial charge in [-0.2, -0.15) is 13.2 Å². The topological polar surface area (TPSA) is 90.8 Å². The van der Waals surface area contributed by atoms with Crippen molar-refractivity contribution in [3.05, 3.63) is 29.3 Å². The predicted octanol–water partition coefficient (Wildman–Crippen LogP) is 0.430. The molecule has 1 N–H and O–H groups in total. The van der Waals surface area contributed by atoms with Gasteiger partial charge in [-0.15, -0.1) is 0 Å². The maximum Gasteiger partial charge on any atom is 0.316 e. The van der Waals surface area contributed by atoms with E-state index < -0.39 is 15.4 Å². The lowest BCUT2D eigenvalue weighted by molar-refractivity contribution is -0.00542. The molecule has 0 aromatic heterocycles. The van der Waals surface area contributed by atoms with E-state index in [1.54, 1.807) is 6.08 Å². The Morgan fingerprint density at radius 1 is 1.62 bits per heavy atom. The minimum absolute atomic E-state index is 0.0810. The van der Waals surface area contributed by atoms with E-state index in [2.05, 4.69) is 4.79 Å². The summed E-state index contributed by atoms with van der Waals surface area (Å²) in [4.78, 5) is 2.80. The zero-order valence-corrected chi connectivity index (χ0v) is 7.69. The largest absolute Gasteiger partial charge is 0.361 e. The number of hydrogen-bond donors (Lipinski definition) is 1. The lowest BCUT2D eigenvalue weighted by Crippen LogP contribution is -2.31. The van der Waals surface area contributed by atoms with E-state index in [0.29, 0.717) is 5.57 Å². The number of nitrogens with zero attached hydrogens (tertiary/aromatic N) is 2. The van der Waals surface area contributed by atoms with Gasteiger partial charge in [-0.1, -0.05) is 12.2 Å². The third kappa shape index (κ3) is 1.92. The first-order valence-electron chi connectivity index (χ1n) is 3.50. The summed E-state index contributed by atoms with van der Waals surface area (Å²) in [6, 6.07) is 0. The molecular weight excluding hydrogens is 192 g/mol. The molecular formula is C7H8N2O3S. The van der Waals surface area contributed by atoms with Gasteiger partial charge in [-0.25, -0.2) is 0 Å². The smallest absolute Gasteiger partial charge is 0.316 e. The second-order valence-electron chi connectivity index (χ2n) is 2.69. The van der Waals surface area contributed by atoms with Gasteiger partial charge in [0.2, 0.25) is 5.25 Å². The molecule has 0 heterocycles. The minimum Gasteiger partial charge on any atom is -0.361 e. The highest BCUT2D eigenvalue weighted by Gasteiger charge is 2.36. The Labute approximate surface area is 75.8 Å². The Hall–Kier alpha value is -1.23. The monoisotopic (exact) mass is 200 g/mol. The first-order chi connectivity index (χ1) is 5.96. The van der Waals surface area contributed by atoms with E-state index in [9.17, 15) is 8.42 Å². The molecule has 0 radical (unpaired) electrons. The van der Waals surface area contributed by atoms with Crippen molar-refractivity contribution in [3.8, 4) is 0 Å². The molecule has 1 aliphatic rings. The van der Waals surface area contributed by atoms with Crippen molar-refractivity contribution in [2.75, 3.05) is 0 Å². The number of hydrogen-bond acceptors (Lipinski definition) is 2. The highest BCUT2D eigenvalue weighted by molar-refractivity contribution is 7.87. The average molecular weight is 200 g/mol. The molecule has 0 aromatic rings. The molecule has 1 aliphatic carbocycles. The molecule has 0 saturated heterocycles. The molecule has 1 unspecified atom stereocenters. The van der Waals surface area contributed by atoms with E-state index in [1.165, 1.54) is 19.1 Å². The SMILES string of the molecule is CC1=CC=CC(=[N+]=[N-])C1S(=O)(=O)O. The van der Waals surface area contributed by atoms with E-state index in [-0.39, 0.29) is 5.71 Å². The van der Waals surface area contributed by atoms with Crippen LogP contribution in [0.2, 0.25) is 0 Å². The van der Waals surface area contributed by atoms with Crippen molar-refractivity contribution in [1.29, 1.82) is 0 Å². The van der Waals surface area contributed by atoms with E-state index in [0.717, 1.165) is 0 Å². The molecule has 0 fully saturated rings. The second kappa shape index (κ2) is 3.26. The summed E-state index contributed by atoms with van der Waals surface area (Å²) in [5, 5.41) is -1.25. The first-order valence-corrected chi connectivity index (χ1v) is 5.00. The fraction of sp³-hybridized carbons (Fsp3) is 0.286. The second-order valence-corrected chi connectivity index (χ2v) is 4.19. The standard InChI is InChI=1S/C7H8N2O3S/c1-5-3-2-4-6(9-8)7(5)13(10,11)12/h2-4,7H,1H3,(H,10,11,12). The lowest BCUT2D eigenvalue weighted by Gasteiger charge is -2.10. The number of allylic oxidation sites excluding steroid dienone is 3. The fourth-order valence-corrected chi connectivity index (χ4v) is 2.16. The van der Waals surface area contributed by atoms with Crippen molar-refractivity contribution in [2.45, 2.75) is 12.2 Å². The van der Waals surface area contributed by atoms with Gasteiger partial charge in [0.1, 0.15) is 0 Å². The third-order valence-corrected chi connectivity index (χ3v) is 2.93. The van der Waals surface area contributed by atoms with Crippen LogP contribution in [-0.4, -0.2) is 28.7 Å². The van der Waals surface area contributed by atoms with Gasteiger partial charge >= 0.3 is 5.71 Å². The van der Waals surface area contributed by atoms with Gasteiger partial charge in [-0.05, 0) is 12.5 Å². The van der Waals surface area contributed by atoms with Crippen LogP contribution in [0.25, 0.3) is 5.53 Å². The van der Waals surface area contributed by atoms with Crippen LogP contribution >= 0.6 is 0 Å². The normalized spacial score (nSPS) is 22.5. The third-order valence-electron chi connectivity index (χ3n) is 1.72. The van der Waals surface area contributed by atoms with E-state index >= 15 is 0 Å². The molecule has 0 amide bonds. The molecule has 0 aliphatic heterocycles. The van der Waals surface area contributed by atoms with E-state index in [4.69, 9.17) is 10.1 Å². The van der Waals surface area contributed by atoms with Crippen molar-refractivity contribution >= 4 is 15.8 Å². The zero-order valence-electron chi connectivity index (χ0n) is 6.88. The van der Waals surface area contributed by atoms with Gasteiger partial charge in [0.15, 0.2) is 0 Å². The average Bonchev–Trinajstić information content (AvgIpc) is 2.01. The summed E-state index contributed by atoms with van der Waals surface area (Å²) in [5.41, 5.74) is 8.81. The van der Waals surface area contributed by atoms with Crippen LogP contribution < -0.4 is 0 Å². The first kappa shape index (κ1) is 9.85. The molecule has 6 heteroatoms. The Morgan fingerprint density at radius 3 is 2.62 bits per heavy atom. The molecule has 1 rings (SSSR count). The molecule has 5 nitrogen and oxygen atoms in total. The quantitative estimate of drug-likeness (QED) is 0.378. The molecule has 70 valence electrons. The summed E-state index contributed by atoms with van der Waals surface area (Å²) in [5.74, 6) is 0. The summed E-state index contributed by atoms with van der Waals surface area (Å²) >= 11 is 0. The van der Waals surface area contributed by atoms with Crippen LogP contribution in [-0.2, 0) is 10.1 Å². The fourth-order valence-electron chi connectivity index (χ4n) is 1.18. The Balaban J connectivity index is 3.30. The van der Waals surface area contributed by atoms with Gasteiger partial charge in [0.25, 0.3) is 10.1 Å².